The number of aliphatic hydroxyl groups is 3. The SMILES string of the molecule is CO[C@H]1O[C@H](CO)[C@@H](O)[C@](C)([N+](=O)[O-])[C@H]1O. The number of hydrogen-bond donors (Lipinski definition) is 3. The Hall–Kier alpha value is -0.800. The molecule has 5 atom stereocenters. The minimum absolute atomic E-state index is 0.600. The Morgan fingerprint density at radius 1 is 1.50 bits per heavy atom. The predicted octanol–water partition coefficient (Wildman–Crippen LogP) is -1.89. The van der Waals surface area contributed by atoms with Gasteiger partial charge in [-0.05, 0) is 0 Å². The molecule has 0 aromatic carbocycles. The highest BCUT2D eigenvalue weighted by Crippen LogP contribution is 2.32. The maximum atomic E-state index is 10.9. The molecule has 0 amide bonds. The minimum atomic E-state index is -2.04. The Morgan fingerprint density at radius 3 is 2.44 bits per heavy atom. The molecule has 8 heteroatoms. The van der Waals surface area contributed by atoms with Crippen LogP contribution in [0.2, 0.25) is 0 Å². The molecule has 0 aromatic heterocycles. The fraction of sp³-hybridized carbons (Fsp3) is 1.00. The Bertz CT molecular complexity index is 255. The Labute approximate surface area is 91.6 Å². The number of rotatable bonds is 3. The molecule has 16 heavy (non-hydrogen) atoms. The van der Waals surface area contributed by atoms with Crippen LogP contribution in [0.4, 0.5) is 0 Å². The van der Waals surface area contributed by atoms with E-state index in [1.807, 2.05) is 0 Å². The van der Waals surface area contributed by atoms with Crippen LogP contribution in [0.25, 0.3) is 0 Å². The van der Waals surface area contributed by atoms with E-state index in [2.05, 4.69) is 0 Å². The third-order valence-electron chi connectivity index (χ3n) is 2.92. The van der Waals surface area contributed by atoms with Gasteiger partial charge in [-0.25, -0.2) is 0 Å². The molecule has 1 aliphatic rings. The first kappa shape index (κ1) is 13.3. The summed E-state index contributed by atoms with van der Waals surface area (Å²) < 4.78 is 9.71. The van der Waals surface area contributed by atoms with Crippen molar-refractivity contribution in [3.05, 3.63) is 10.1 Å². The summed E-state index contributed by atoms with van der Waals surface area (Å²) >= 11 is 0. The molecule has 1 saturated heterocycles. The van der Waals surface area contributed by atoms with Crippen molar-refractivity contribution in [3.8, 4) is 0 Å². The molecule has 0 unspecified atom stereocenters. The standard InChI is InChI=1S/C8H15NO7/c1-8(9(13)14)5(11)4(3-10)16-7(15-2)6(8)12/h4-7,10-12H,3H2,1-2H3/t4-,5-,6+,7+,8+/m1/s1. The van der Waals surface area contributed by atoms with E-state index < -0.39 is 41.7 Å². The monoisotopic (exact) mass is 237 g/mol. The lowest BCUT2D eigenvalue weighted by molar-refractivity contribution is -0.609. The summed E-state index contributed by atoms with van der Waals surface area (Å²) in [6.07, 6.45) is -5.65. The average molecular weight is 237 g/mol. The van der Waals surface area contributed by atoms with E-state index >= 15 is 0 Å². The number of nitro groups is 1. The van der Waals surface area contributed by atoms with E-state index in [9.17, 15) is 20.3 Å². The highest BCUT2D eigenvalue weighted by Gasteiger charge is 2.62. The molecular weight excluding hydrogens is 222 g/mol. The van der Waals surface area contributed by atoms with Crippen molar-refractivity contribution in [2.24, 2.45) is 0 Å². The molecular formula is C8H15NO7. The van der Waals surface area contributed by atoms with Crippen molar-refractivity contribution in [1.82, 2.24) is 0 Å². The van der Waals surface area contributed by atoms with Crippen LogP contribution in [-0.2, 0) is 9.47 Å². The lowest BCUT2D eigenvalue weighted by atomic mass is 9.83. The fourth-order valence-corrected chi connectivity index (χ4v) is 1.69. The number of nitrogens with zero attached hydrogens (tertiary/aromatic N) is 1. The van der Waals surface area contributed by atoms with E-state index in [1.54, 1.807) is 0 Å². The van der Waals surface area contributed by atoms with Crippen LogP contribution in [0, 0.1) is 10.1 Å². The summed E-state index contributed by atoms with van der Waals surface area (Å²) in [5.41, 5.74) is -2.04. The molecule has 0 aliphatic carbocycles. The summed E-state index contributed by atoms with van der Waals surface area (Å²) in [4.78, 5) is 10.1. The summed E-state index contributed by atoms with van der Waals surface area (Å²) in [6, 6.07) is 0. The summed E-state index contributed by atoms with van der Waals surface area (Å²) in [5.74, 6) is 0. The number of hydrogen-bond acceptors (Lipinski definition) is 7. The molecule has 0 spiro atoms. The second-order valence-corrected chi connectivity index (χ2v) is 3.83. The molecule has 0 aromatic rings. The van der Waals surface area contributed by atoms with Crippen LogP contribution in [0.15, 0.2) is 0 Å². The first-order valence-electron chi connectivity index (χ1n) is 4.69. The van der Waals surface area contributed by atoms with Crippen molar-refractivity contribution in [2.45, 2.75) is 37.1 Å². The molecule has 0 saturated carbocycles. The van der Waals surface area contributed by atoms with Gasteiger partial charge in [-0.2, -0.15) is 0 Å². The molecule has 1 aliphatic heterocycles. The highest BCUT2D eigenvalue weighted by atomic mass is 16.7. The fourth-order valence-electron chi connectivity index (χ4n) is 1.69. The minimum Gasteiger partial charge on any atom is -0.394 e. The van der Waals surface area contributed by atoms with Gasteiger partial charge in [-0.1, -0.05) is 0 Å². The van der Waals surface area contributed by atoms with Crippen LogP contribution in [0.1, 0.15) is 6.92 Å². The van der Waals surface area contributed by atoms with E-state index in [0.717, 1.165) is 6.92 Å². The zero-order valence-corrected chi connectivity index (χ0v) is 8.94. The summed E-state index contributed by atoms with van der Waals surface area (Å²) in [7, 11) is 1.21. The van der Waals surface area contributed by atoms with E-state index in [4.69, 9.17) is 14.6 Å². The van der Waals surface area contributed by atoms with Crippen LogP contribution in [0.5, 0.6) is 0 Å². The van der Waals surface area contributed by atoms with Crippen LogP contribution in [0.3, 0.4) is 0 Å². The first-order valence-corrected chi connectivity index (χ1v) is 4.69. The lowest BCUT2D eigenvalue weighted by Crippen LogP contribution is -2.69. The average Bonchev–Trinajstić information content (AvgIpc) is 2.26. The first-order chi connectivity index (χ1) is 7.39. The maximum absolute atomic E-state index is 10.9. The van der Waals surface area contributed by atoms with Gasteiger partial charge in [0.15, 0.2) is 18.5 Å². The van der Waals surface area contributed by atoms with Crippen molar-refractivity contribution >= 4 is 0 Å². The molecule has 94 valence electrons. The van der Waals surface area contributed by atoms with E-state index in [0.29, 0.717) is 0 Å². The second kappa shape index (κ2) is 4.60. The Balaban J connectivity index is 3.06. The smallest absolute Gasteiger partial charge is 0.277 e. The van der Waals surface area contributed by atoms with Crippen LogP contribution in [-0.4, -0.2) is 64.1 Å². The zero-order valence-electron chi connectivity index (χ0n) is 8.94. The van der Waals surface area contributed by atoms with Gasteiger partial charge in [0.25, 0.3) is 5.54 Å². The molecule has 8 nitrogen and oxygen atoms in total. The third kappa shape index (κ3) is 1.78. The van der Waals surface area contributed by atoms with E-state index in [-0.39, 0.29) is 0 Å². The lowest BCUT2D eigenvalue weighted by Gasteiger charge is -2.42. The maximum Gasteiger partial charge on any atom is 0.277 e. The van der Waals surface area contributed by atoms with Crippen molar-refractivity contribution in [2.75, 3.05) is 13.7 Å². The van der Waals surface area contributed by atoms with E-state index in [1.165, 1.54) is 7.11 Å². The molecule has 3 N–H and O–H groups in total. The van der Waals surface area contributed by atoms with Gasteiger partial charge < -0.3 is 24.8 Å². The number of methoxy groups -OCH3 is 1. The van der Waals surface area contributed by atoms with Crippen molar-refractivity contribution in [3.63, 3.8) is 0 Å². The quantitative estimate of drug-likeness (QED) is 0.387. The largest absolute Gasteiger partial charge is 0.394 e. The Kier molecular flexibility index (Phi) is 3.81. The zero-order chi connectivity index (χ0) is 12.5. The Morgan fingerprint density at radius 2 is 2.06 bits per heavy atom. The highest BCUT2D eigenvalue weighted by molar-refractivity contribution is 4.99. The summed E-state index contributed by atoms with van der Waals surface area (Å²) in [5, 5.41) is 39.3. The van der Waals surface area contributed by atoms with Gasteiger partial charge in [0.2, 0.25) is 0 Å². The van der Waals surface area contributed by atoms with Crippen LogP contribution >= 0.6 is 0 Å². The second-order valence-electron chi connectivity index (χ2n) is 3.83. The molecule has 0 radical (unpaired) electrons. The van der Waals surface area contributed by atoms with Gasteiger partial charge in [-0.15, -0.1) is 0 Å². The van der Waals surface area contributed by atoms with Gasteiger partial charge in [0.05, 0.1) is 6.61 Å². The number of ether oxygens (including phenoxy) is 2. The normalized spacial score (nSPS) is 44.3. The topological polar surface area (TPSA) is 122 Å². The van der Waals surface area contributed by atoms with Gasteiger partial charge in [-0.3, -0.25) is 10.1 Å². The molecule has 1 heterocycles. The van der Waals surface area contributed by atoms with Crippen LogP contribution < -0.4 is 0 Å². The number of aliphatic hydroxyl groups excluding tert-OH is 3. The van der Waals surface area contributed by atoms with Gasteiger partial charge in [0, 0.05) is 19.0 Å². The molecule has 1 rings (SSSR count). The van der Waals surface area contributed by atoms with Crippen molar-refractivity contribution < 1.29 is 29.7 Å². The van der Waals surface area contributed by atoms with Gasteiger partial charge in [0.1, 0.15) is 6.10 Å². The predicted molar refractivity (Wildman–Crippen MR) is 50.2 cm³/mol. The van der Waals surface area contributed by atoms with Crippen molar-refractivity contribution in [1.29, 1.82) is 0 Å². The summed E-state index contributed by atoms with van der Waals surface area (Å²) in [6.45, 7) is 0.483. The van der Waals surface area contributed by atoms with Gasteiger partial charge >= 0.3 is 0 Å². The molecule has 0 bridgehead atoms. The molecule has 1 fully saturated rings. The third-order valence-corrected chi connectivity index (χ3v) is 2.92.